The fourth-order valence-electron chi connectivity index (χ4n) is 1.48. The van der Waals surface area contributed by atoms with E-state index in [1.54, 1.807) is 0 Å². The van der Waals surface area contributed by atoms with Gasteiger partial charge in [0.25, 0.3) is 5.91 Å². The van der Waals surface area contributed by atoms with Crippen molar-refractivity contribution in [1.29, 1.82) is 0 Å². The first-order valence-electron chi connectivity index (χ1n) is 5.19. The second-order valence-electron chi connectivity index (χ2n) is 3.76. The maximum atomic E-state index is 11.5. The first-order chi connectivity index (χ1) is 7.97. The summed E-state index contributed by atoms with van der Waals surface area (Å²) in [4.78, 5) is 22.8. The number of carbonyl (C=O) groups excluding carboxylic acids is 2. The summed E-state index contributed by atoms with van der Waals surface area (Å²) in [6.07, 6.45) is 0. The van der Waals surface area contributed by atoms with E-state index in [9.17, 15) is 9.59 Å². The lowest BCUT2D eigenvalue weighted by molar-refractivity contribution is -0.140. The summed E-state index contributed by atoms with van der Waals surface area (Å²) in [5.74, 6) is -1.10. The third kappa shape index (κ3) is 3.20. The molecule has 0 spiro atoms. The molecular weight excluding hydrogens is 240 g/mol. The van der Waals surface area contributed by atoms with Crippen LogP contribution in [-0.4, -0.2) is 22.7 Å². The van der Waals surface area contributed by atoms with E-state index in [1.165, 1.54) is 6.92 Å². The fraction of sp³-hybridized carbons (Fsp3) is 0.333. The minimum atomic E-state index is -0.471. The van der Waals surface area contributed by atoms with Crippen LogP contribution < -0.4 is 5.43 Å². The molecule has 0 aliphatic heterocycles. The molecule has 5 heteroatoms. The van der Waals surface area contributed by atoms with E-state index >= 15 is 0 Å². The number of hydrogen-bond donors (Lipinski definition) is 1. The lowest BCUT2D eigenvalue weighted by atomic mass is 10.1. The van der Waals surface area contributed by atoms with E-state index in [0.717, 1.165) is 21.8 Å². The highest BCUT2D eigenvalue weighted by Crippen LogP contribution is 2.20. The number of aryl methyl sites for hydroxylation is 2. The van der Waals surface area contributed by atoms with Gasteiger partial charge in [-0.05, 0) is 25.0 Å². The van der Waals surface area contributed by atoms with Crippen LogP contribution in [0.2, 0.25) is 0 Å². The van der Waals surface area contributed by atoms with Gasteiger partial charge in [0.1, 0.15) is 5.88 Å². The molecule has 0 unspecified atom stereocenters. The van der Waals surface area contributed by atoms with Crippen LogP contribution in [0.3, 0.4) is 0 Å². The highest BCUT2D eigenvalue weighted by Gasteiger charge is 2.18. The molecule has 0 saturated heterocycles. The van der Waals surface area contributed by atoms with Crippen LogP contribution in [-0.2, 0) is 9.59 Å². The van der Waals surface area contributed by atoms with Crippen molar-refractivity contribution < 1.29 is 9.59 Å². The molecule has 1 aromatic rings. The number of nitrogens with zero attached hydrogens (tertiary/aromatic N) is 1. The van der Waals surface area contributed by atoms with Gasteiger partial charge in [0.2, 0.25) is 5.91 Å². The van der Waals surface area contributed by atoms with Gasteiger partial charge in [-0.3, -0.25) is 15.0 Å². The van der Waals surface area contributed by atoms with Crippen LogP contribution in [0.5, 0.6) is 0 Å². The van der Waals surface area contributed by atoms with Crippen LogP contribution >= 0.6 is 11.6 Å². The molecule has 92 valence electrons. The van der Waals surface area contributed by atoms with Gasteiger partial charge in [0.05, 0.1) is 5.69 Å². The van der Waals surface area contributed by atoms with Crippen LogP contribution in [0.1, 0.15) is 18.1 Å². The molecule has 1 N–H and O–H groups in total. The average molecular weight is 255 g/mol. The zero-order valence-electron chi connectivity index (χ0n) is 10.1. The molecule has 0 atom stereocenters. The number of carbonyl (C=O) groups is 2. The Morgan fingerprint density at radius 3 is 2.24 bits per heavy atom. The number of nitrogens with one attached hydrogen (secondary N) is 1. The van der Waals surface area contributed by atoms with Gasteiger partial charge in [-0.25, -0.2) is 0 Å². The zero-order valence-corrected chi connectivity index (χ0v) is 10.8. The summed E-state index contributed by atoms with van der Waals surface area (Å²) in [6.45, 7) is 5.11. The third-order valence-electron chi connectivity index (χ3n) is 2.38. The molecule has 1 rings (SSSR count). The number of amides is 2. The van der Waals surface area contributed by atoms with Gasteiger partial charge in [-0.15, -0.1) is 11.6 Å². The number of anilines is 1. The minimum absolute atomic E-state index is 0.239. The number of para-hydroxylation sites is 1. The highest BCUT2D eigenvalue weighted by molar-refractivity contribution is 6.28. The summed E-state index contributed by atoms with van der Waals surface area (Å²) in [5, 5.41) is 0.933. The molecule has 0 bridgehead atoms. The van der Waals surface area contributed by atoms with Crippen molar-refractivity contribution in [3.05, 3.63) is 29.3 Å². The Morgan fingerprint density at radius 1 is 1.29 bits per heavy atom. The first-order valence-corrected chi connectivity index (χ1v) is 5.73. The number of imide groups is 1. The number of benzene rings is 1. The summed E-state index contributed by atoms with van der Waals surface area (Å²) in [6, 6.07) is 5.72. The van der Waals surface area contributed by atoms with Crippen LogP contribution in [0, 0.1) is 13.8 Å². The maximum absolute atomic E-state index is 11.5. The smallest absolute Gasteiger partial charge is 0.263 e. The van der Waals surface area contributed by atoms with Crippen molar-refractivity contribution in [2.75, 3.05) is 11.3 Å². The Bertz CT molecular complexity index is 426. The Morgan fingerprint density at radius 2 is 1.82 bits per heavy atom. The summed E-state index contributed by atoms with van der Waals surface area (Å²) >= 11 is 5.45. The normalized spacial score (nSPS) is 9.88. The first kappa shape index (κ1) is 13.5. The SMILES string of the molecule is CC(=O)N(Nc1c(C)cccc1C)C(=O)CCl. The minimum Gasteiger partial charge on any atom is -0.288 e. The van der Waals surface area contributed by atoms with Gasteiger partial charge in [-0.1, -0.05) is 18.2 Å². The van der Waals surface area contributed by atoms with E-state index < -0.39 is 11.8 Å². The molecule has 4 nitrogen and oxygen atoms in total. The molecule has 17 heavy (non-hydrogen) atoms. The van der Waals surface area contributed by atoms with Gasteiger partial charge >= 0.3 is 0 Å². The lowest BCUT2D eigenvalue weighted by Gasteiger charge is -2.22. The van der Waals surface area contributed by atoms with Crippen LogP contribution in [0.25, 0.3) is 0 Å². The van der Waals surface area contributed by atoms with Crippen LogP contribution in [0.15, 0.2) is 18.2 Å². The van der Waals surface area contributed by atoms with E-state index in [-0.39, 0.29) is 5.88 Å². The van der Waals surface area contributed by atoms with Crippen molar-refractivity contribution in [2.45, 2.75) is 20.8 Å². The van der Waals surface area contributed by atoms with Crippen molar-refractivity contribution in [2.24, 2.45) is 0 Å². The monoisotopic (exact) mass is 254 g/mol. The molecule has 2 amide bonds. The molecule has 0 aliphatic carbocycles. The molecule has 1 aromatic carbocycles. The summed E-state index contributed by atoms with van der Waals surface area (Å²) in [5.41, 5.74) is 5.48. The Balaban J connectivity index is 3.02. The molecule has 0 aromatic heterocycles. The third-order valence-corrected chi connectivity index (χ3v) is 2.61. The second-order valence-corrected chi connectivity index (χ2v) is 4.03. The zero-order chi connectivity index (χ0) is 13.0. The molecule has 0 heterocycles. The van der Waals surface area contributed by atoms with Crippen LogP contribution in [0.4, 0.5) is 5.69 Å². The van der Waals surface area contributed by atoms with Crippen molar-refractivity contribution in [1.82, 2.24) is 5.01 Å². The van der Waals surface area contributed by atoms with Crippen molar-refractivity contribution in [3.8, 4) is 0 Å². The number of rotatable bonds is 3. The quantitative estimate of drug-likeness (QED) is 0.665. The standard InChI is InChI=1S/C12H15ClN2O2/c1-8-5-4-6-9(2)12(8)14-15(10(3)16)11(17)7-13/h4-6,14H,7H2,1-3H3. The predicted octanol–water partition coefficient (Wildman–Crippen LogP) is 2.24. The van der Waals surface area contributed by atoms with Gasteiger partial charge in [-0.2, -0.15) is 5.01 Å². The second kappa shape index (κ2) is 5.68. The molecule has 0 radical (unpaired) electrons. The highest BCUT2D eigenvalue weighted by atomic mass is 35.5. The van der Waals surface area contributed by atoms with E-state index in [2.05, 4.69) is 5.43 Å². The Kier molecular flexibility index (Phi) is 4.52. The average Bonchev–Trinajstić information content (AvgIpc) is 2.27. The Hall–Kier alpha value is -1.55. The summed E-state index contributed by atoms with van der Waals surface area (Å²) in [7, 11) is 0. The van der Waals surface area contributed by atoms with E-state index in [1.807, 2.05) is 32.0 Å². The van der Waals surface area contributed by atoms with E-state index in [4.69, 9.17) is 11.6 Å². The largest absolute Gasteiger partial charge is 0.288 e. The molecule has 0 saturated carbocycles. The molecular formula is C12H15ClN2O2. The van der Waals surface area contributed by atoms with Gasteiger partial charge in [0, 0.05) is 6.92 Å². The van der Waals surface area contributed by atoms with Crippen molar-refractivity contribution >= 4 is 29.1 Å². The van der Waals surface area contributed by atoms with Gasteiger partial charge in [0.15, 0.2) is 0 Å². The number of alkyl halides is 1. The van der Waals surface area contributed by atoms with Gasteiger partial charge < -0.3 is 0 Å². The molecule has 0 fully saturated rings. The lowest BCUT2D eigenvalue weighted by Crippen LogP contribution is -2.41. The fourth-order valence-corrected chi connectivity index (χ4v) is 1.60. The number of halogens is 1. The molecule has 0 aliphatic rings. The Labute approximate surface area is 106 Å². The predicted molar refractivity (Wildman–Crippen MR) is 67.8 cm³/mol. The number of hydrogen-bond acceptors (Lipinski definition) is 3. The van der Waals surface area contributed by atoms with Crippen molar-refractivity contribution in [3.63, 3.8) is 0 Å². The topological polar surface area (TPSA) is 49.4 Å². The summed E-state index contributed by atoms with van der Waals surface area (Å²) < 4.78 is 0. The van der Waals surface area contributed by atoms with E-state index in [0.29, 0.717) is 0 Å². The number of hydrazine groups is 1. The maximum Gasteiger partial charge on any atom is 0.263 e.